The Morgan fingerprint density at radius 1 is 1.14 bits per heavy atom. The summed E-state index contributed by atoms with van der Waals surface area (Å²) in [6, 6.07) is 15.3. The lowest BCUT2D eigenvalue weighted by atomic mass is 9.91. The second-order valence-electron chi connectivity index (χ2n) is 7.64. The maximum Gasteiger partial charge on any atom is 0.166 e. The zero-order valence-corrected chi connectivity index (χ0v) is 18.5. The summed E-state index contributed by atoms with van der Waals surface area (Å²) < 4.78 is 11.1. The number of hydrogen-bond acceptors (Lipinski definition) is 4. The summed E-state index contributed by atoms with van der Waals surface area (Å²) in [5.41, 5.74) is 3.88. The molecule has 2 N–H and O–H groups in total. The quantitative estimate of drug-likeness (QED) is 0.676. The Balaban J connectivity index is 1.88. The van der Waals surface area contributed by atoms with Crippen LogP contribution >= 0.6 is 12.2 Å². The molecule has 1 atom stereocenters. The number of rotatable bonds is 7. The van der Waals surface area contributed by atoms with Gasteiger partial charge in [-0.2, -0.15) is 0 Å². The van der Waals surface area contributed by atoms with Crippen LogP contribution in [-0.4, -0.2) is 43.4 Å². The van der Waals surface area contributed by atoms with Crippen molar-refractivity contribution >= 4 is 17.3 Å². The average molecular weight is 414 g/mol. The van der Waals surface area contributed by atoms with Crippen LogP contribution in [0.15, 0.2) is 42.5 Å². The van der Waals surface area contributed by atoms with Crippen molar-refractivity contribution in [2.24, 2.45) is 0 Å². The largest absolute Gasteiger partial charge is 0.493 e. The van der Waals surface area contributed by atoms with Gasteiger partial charge in [-0.1, -0.05) is 30.3 Å². The van der Waals surface area contributed by atoms with Crippen LogP contribution in [0.25, 0.3) is 0 Å². The van der Waals surface area contributed by atoms with E-state index < -0.39 is 0 Å². The van der Waals surface area contributed by atoms with Crippen molar-refractivity contribution in [1.29, 1.82) is 0 Å². The number of fused-ring (bicyclic) bond motifs is 1. The molecule has 1 aliphatic heterocycles. The number of ether oxygens (including phenoxy) is 2. The SMILES string of the molecule is COc1cc2c(cc1OC)[C@H](CNC(=S)NC(C)C)N(Cc1ccccc1)CC2. The van der Waals surface area contributed by atoms with Crippen molar-refractivity contribution in [2.75, 3.05) is 27.3 Å². The molecule has 0 fully saturated rings. The smallest absolute Gasteiger partial charge is 0.166 e. The van der Waals surface area contributed by atoms with Gasteiger partial charge < -0.3 is 20.1 Å². The summed E-state index contributed by atoms with van der Waals surface area (Å²) in [5.74, 6) is 1.55. The molecule has 1 heterocycles. The maximum atomic E-state index is 5.58. The fourth-order valence-electron chi connectivity index (χ4n) is 3.83. The molecule has 6 heteroatoms. The third kappa shape index (κ3) is 5.40. The van der Waals surface area contributed by atoms with Gasteiger partial charge in [0.2, 0.25) is 0 Å². The van der Waals surface area contributed by atoms with E-state index in [2.05, 4.69) is 71.8 Å². The third-order valence-electron chi connectivity index (χ3n) is 5.22. The van der Waals surface area contributed by atoms with Crippen molar-refractivity contribution in [3.63, 3.8) is 0 Å². The molecule has 0 saturated heterocycles. The molecular weight excluding hydrogens is 382 g/mol. The molecule has 156 valence electrons. The zero-order valence-electron chi connectivity index (χ0n) is 17.7. The maximum absolute atomic E-state index is 5.58. The molecule has 0 aliphatic carbocycles. The minimum absolute atomic E-state index is 0.186. The van der Waals surface area contributed by atoms with Gasteiger partial charge >= 0.3 is 0 Å². The first-order valence-electron chi connectivity index (χ1n) is 10.1. The van der Waals surface area contributed by atoms with Gasteiger partial charge in [0.05, 0.1) is 20.3 Å². The van der Waals surface area contributed by atoms with Crippen molar-refractivity contribution in [3.8, 4) is 11.5 Å². The Hall–Kier alpha value is -2.31. The number of nitrogens with one attached hydrogen (secondary N) is 2. The van der Waals surface area contributed by atoms with E-state index in [1.807, 2.05) is 0 Å². The van der Waals surface area contributed by atoms with E-state index in [4.69, 9.17) is 21.7 Å². The summed E-state index contributed by atoms with van der Waals surface area (Å²) in [6.45, 7) is 6.78. The fourth-order valence-corrected chi connectivity index (χ4v) is 4.15. The first kappa shape index (κ1) is 21.4. The Morgan fingerprint density at radius 2 is 1.83 bits per heavy atom. The van der Waals surface area contributed by atoms with Crippen LogP contribution in [0.4, 0.5) is 0 Å². The summed E-state index contributed by atoms with van der Waals surface area (Å²) in [6.07, 6.45) is 0.980. The normalized spacial score (nSPS) is 16.2. The highest BCUT2D eigenvalue weighted by Gasteiger charge is 2.29. The lowest BCUT2D eigenvalue weighted by Gasteiger charge is -2.38. The lowest BCUT2D eigenvalue weighted by molar-refractivity contribution is 0.176. The number of benzene rings is 2. The second-order valence-corrected chi connectivity index (χ2v) is 8.05. The first-order chi connectivity index (χ1) is 14.0. The number of hydrogen-bond donors (Lipinski definition) is 2. The minimum atomic E-state index is 0.186. The molecule has 0 spiro atoms. The molecule has 0 radical (unpaired) electrons. The van der Waals surface area contributed by atoms with Gasteiger partial charge in [-0.05, 0) is 61.3 Å². The molecule has 0 saturated carbocycles. The summed E-state index contributed by atoms with van der Waals surface area (Å²) in [5, 5.41) is 7.37. The van der Waals surface area contributed by atoms with Gasteiger partial charge in [0.25, 0.3) is 0 Å². The van der Waals surface area contributed by atoms with E-state index in [0.717, 1.165) is 37.6 Å². The molecule has 2 aromatic rings. The van der Waals surface area contributed by atoms with Crippen LogP contribution in [-0.2, 0) is 13.0 Å². The van der Waals surface area contributed by atoms with E-state index in [-0.39, 0.29) is 6.04 Å². The Labute approximate surface area is 179 Å². The van der Waals surface area contributed by atoms with E-state index >= 15 is 0 Å². The van der Waals surface area contributed by atoms with Gasteiger partial charge in [-0.3, -0.25) is 4.90 Å². The van der Waals surface area contributed by atoms with Gasteiger partial charge in [0.15, 0.2) is 16.6 Å². The molecule has 0 unspecified atom stereocenters. The predicted molar refractivity (Wildman–Crippen MR) is 122 cm³/mol. The van der Waals surface area contributed by atoms with Crippen LogP contribution in [0.2, 0.25) is 0 Å². The Morgan fingerprint density at radius 3 is 2.48 bits per heavy atom. The number of methoxy groups -OCH3 is 2. The molecule has 29 heavy (non-hydrogen) atoms. The lowest BCUT2D eigenvalue weighted by Crippen LogP contribution is -2.45. The van der Waals surface area contributed by atoms with Crippen molar-refractivity contribution in [3.05, 3.63) is 59.2 Å². The van der Waals surface area contributed by atoms with Crippen molar-refractivity contribution in [2.45, 2.75) is 38.9 Å². The van der Waals surface area contributed by atoms with Gasteiger partial charge in [-0.15, -0.1) is 0 Å². The molecule has 0 amide bonds. The third-order valence-corrected chi connectivity index (χ3v) is 5.48. The molecule has 1 aliphatic rings. The van der Waals surface area contributed by atoms with E-state index in [0.29, 0.717) is 11.2 Å². The standard InChI is InChI=1S/C23H31N3O2S/c1-16(2)25-23(29)24-14-20-19-13-22(28-4)21(27-3)12-18(19)10-11-26(20)15-17-8-6-5-7-9-17/h5-9,12-13,16,20H,10-11,14-15H2,1-4H3,(H2,24,25,29)/t20-/m0/s1. The zero-order chi connectivity index (χ0) is 20.8. The first-order valence-corrected chi connectivity index (χ1v) is 10.5. The van der Waals surface area contributed by atoms with Crippen LogP contribution in [0, 0.1) is 0 Å². The van der Waals surface area contributed by atoms with Crippen molar-refractivity contribution in [1.82, 2.24) is 15.5 Å². The van der Waals surface area contributed by atoms with Gasteiger partial charge in [0.1, 0.15) is 0 Å². The highest BCUT2D eigenvalue weighted by molar-refractivity contribution is 7.80. The van der Waals surface area contributed by atoms with Crippen LogP contribution in [0.5, 0.6) is 11.5 Å². The Kier molecular flexibility index (Phi) is 7.34. The average Bonchev–Trinajstić information content (AvgIpc) is 2.72. The van der Waals surface area contributed by atoms with Crippen molar-refractivity contribution < 1.29 is 9.47 Å². The summed E-state index contributed by atoms with van der Waals surface area (Å²) >= 11 is 5.47. The topological polar surface area (TPSA) is 45.8 Å². The second kappa shape index (κ2) is 9.94. The number of nitrogens with zero attached hydrogens (tertiary/aromatic N) is 1. The van der Waals surface area contributed by atoms with Crippen LogP contribution < -0.4 is 20.1 Å². The molecule has 0 bridgehead atoms. The van der Waals surface area contributed by atoms with Crippen LogP contribution in [0.1, 0.15) is 36.6 Å². The molecule has 0 aromatic heterocycles. The highest BCUT2D eigenvalue weighted by atomic mass is 32.1. The van der Waals surface area contributed by atoms with E-state index in [9.17, 15) is 0 Å². The molecule has 5 nitrogen and oxygen atoms in total. The predicted octanol–water partition coefficient (Wildman–Crippen LogP) is 3.68. The molecule has 2 aromatic carbocycles. The summed E-state index contributed by atoms with van der Waals surface area (Å²) in [4.78, 5) is 2.51. The summed E-state index contributed by atoms with van der Waals surface area (Å²) in [7, 11) is 3.37. The number of thiocarbonyl (C=S) groups is 1. The molecular formula is C23H31N3O2S. The Bertz CT molecular complexity index is 826. The van der Waals surface area contributed by atoms with Crippen LogP contribution in [0.3, 0.4) is 0 Å². The molecule has 3 rings (SSSR count). The van der Waals surface area contributed by atoms with E-state index in [1.54, 1.807) is 14.2 Å². The van der Waals surface area contributed by atoms with Gasteiger partial charge in [-0.25, -0.2) is 0 Å². The fraction of sp³-hybridized carbons (Fsp3) is 0.435. The van der Waals surface area contributed by atoms with Gasteiger partial charge in [0, 0.05) is 25.7 Å². The van der Waals surface area contributed by atoms with E-state index in [1.165, 1.54) is 16.7 Å². The monoisotopic (exact) mass is 413 g/mol. The minimum Gasteiger partial charge on any atom is -0.493 e. The highest BCUT2D eigenvalue weighted by Crippen LogP contribution is 2.38.